The van der Waals surface area contributed by atoms with Crippen molar-refractivity contribution in [3.63, 3.8) is 0 Å². The fourth-order valence-corrected chi connectivity index (χ4v) is 4.55. The van der Waals surface area contributed by atoms with Crippen LogP contribution in [0, 0.1) is 0 Å². The summed E-state index contributed by atoms with van der Waals surface area (Å²) < 4.78 is 27.3. The molecule has 0 aromatic heterocycles. The molecule has 0 amide bonds. The van der Waals surface area contributed by atoms with Crippen molar-refractivity contribution < 1.29 is 18.3 Å². The van der Waals surface area contributed by atoms with Crippen LogP contribution in [0.25, 0.3) is 11.1 Å². The second kappa shape index (κ2) is 7.82. The van der Waals surface area contributed by atoms with Crippen molar-refractivity contribution >= 4 is 16.0 Å². The summed E-state index contributed by atoms with van der Waals surface area (Å²) in [5, 5.41) is 8.56. The van der Waals surface area contributed by atoms with E-state index < -0.39 is 21.2 Å². The highest BCUT2D eigenvalue weighted by Gasteiger charge is 2.32. The van der Waals surface area contributed by atoms with E-state index in [1.165, 1.54) is 0 Å². The van der Waals surface area contributed by atoms with Crippen LogP contribution >= 0.6 is 0 Å². The first-order valence-electron chi connectivity index (χ1n) is 9.23. The van der Waals surface area contributed by atoms with Crippen LogP contribution in [-0.2, 0) is 10.0 Å². The summed E-state index contributed by atoms with van der Waals surface area (Å²) in [4.78, 5) is 11.0. The van der Waals surface area contributed by atoms with Crippen LogP contribution in [0.1, 0.15) is 54.9 Å². The normalized spacial score (nSPS) is 20.1. The van der Waals surface area contributed by atoms with Crippen molar-refractivity contribution in [2.45, 2.75) is 50.3 Å². The summed E-state index contributed by atoms with van der Waals surface area (Å²) >= 11 is 0. The highest BCUT2D eigenvalue weighted by Crippen LogP contribution is 2.36. The topological polar surface area (TPSA) is 83.5 Å². The fraction of sp³-hybridized carbons (Fsp3) is 0.381. The molecule has 1 fully saturated rings. The number of hydrogen-bond acceptors (Lipinski definition) is 3. The van der Waals surface area contributed by atoms with Gasteiger partial charge in [0.25, 0.3) is 0 Å². The molecule has 2 unspecified atom stereocenters. The largest absolute Gasteiger partial charge is 0.478 e. The lowest BCUT2D eigenvalue weighted by molar-refractivity contribution is 0.0697. The van der Waals surface area contributed by atoms with Gasteiger partial charge >= 0.3 is 5.97 Å². The van der Waals surface area contributed by atoms with Gasteiger partial charge in [0.1, 0.15) is 0 Å². The standard InChI is InChI=1S/C21H25NO4S/c1-14(2)27(25,26)22-20-5-3-4-19(20)17-10-6-15(7-11-17)16-8-12-18(13-9-16)21(23)24/h6-14,19-20,22H,3-5H2,1-2H3,(H,23,24). The van der Waals surface area contributed by atoms with E-state index in [9.17, 15) is 13.2 Å². The number of carbonyl (C=O) groups is 1. The molecule has 1 aliphatic rings. The Morgan fingerprint density at radius 1 is 1.00 bits per heavy atom. The van der Waals surface area contributed by atoms with Crippen molar-refractivity contribution in [2.24, 2.45) is 0 Å². The van der Waals surface area contributed by atoms with Crippen LogP contribution < -0.4 is 4.72 Å². The maximum Gasteiger partial charge on any atom is 0.335 e. The molecular formula is C21H25NO4S. The molecule has 2 atom stereocenters. The molecule has 2 N–H and O–H groups in total. The first-order chi connectivity index (χ1) is 12.8. The molecular weight excluding hydrogens is 362 g/mol. The number of carboxylic acids is 1. The van der Waals surface area contributed by atoms with E-state index in [1.54, 1.807) is 38.1 Å². The zero-order chi connectivity index (χ0) is 19.6. The Bertz CT molecular complexity index is 902. The summed E-state index contributed by atoms with van der Waals surface area (Å²) in [6.45, 7) is 3.38. The molecule has 1 aliphatic carbocycles. The average Bonchev–Trinajstić information content (AvgIpc) is 3.09. The van der Waals surface area contributed by atoms with E-state index in [0.29, 0.717) is 0 Å². The molecule has 27 heavy (non-hydrogen) atoms. The minimum absolute atomic E-state index is 0.0573. The molecule has 2 aromatic rings. The van der Waals surface area contributed by atoms with Crippen LogP contribution in [0.5, 0.6) is 0 Å². The van der Waals surface area contributed by atoms with Gasteiger partial charge in [0.05, 0.1) is 10.8 Å². The van der Waals surface area contributed by atoms with Crippen LogP contribution in [0.2, 0.25) is 0 Å². The number of nitrogens with one attached hydrogen (secondary N) is 1. The van der Waals surface area contributed by atoms with Crippen molar-refractivity contribution in [3.8, 4) is 11.1 Å². The van der Waals surface area contributed by atoms with Gasteiger partial charge in [-0.1, -0.05) is 42.8 Å². The average molecular weight is 388 g/mol. The third kappa shape index (κ3) is 4.39. The number of benzene rings is 2. The molecule has 0 bridgehead atoms. The van der Waals surface area contributed by atoms with E-state index in [-0.39, 0.29) is 17.5 Å². The Morgan fingerprint density at radius 2 is 1.56 bits per heavy atom. The van der Waals surface area contributed by atoms with Crippen molar-refractivity contribution in [1.82, 2.24) is 4.72 Å². The smallest absolute Gasteiger partial charge is 0.335 e. The summed E-state index contributed by atoms with van der Waals surface area (Å²) in [5.41, 5.74) is 3.36. The number of rotatable bonds is 6. The summed E-state index contributed by atoms with van der Waals surface area (Å²) in [6.07, 6.45) is 2.83. The summed E-state index contributed by atoms with van der Waals surface area (Å²) in [5.74, 6) is -0.755. The zero-order valence-electron chi connectivity index (χ0n) is 15.6. The lowest BCUT2D eigenvalue weighted by Gasteiger charge is -2.23. The van der Waals surface area contributed by atoms with Crippen LogP contribution in [0.15, 0.2) is 48.5 Å². The maximum atomic E-state index is 12.2. The van der Waals surface area contributed by atoms with E-state index in [2.05, 4.69) is 4.72 Å². The lowest BCUT2D eigenvalue weighted by Crippen LogP contribution is -2.40. The van der Waals surface area contributed by atoms with Gasteiger partial charge in [0.15, 0.2) is 0 Å². The highest BCUT2D eigenvalue weighted by atomic mass is 32.2. The monoisotopic (exact) mass is 387 g/mol. The van der Waals surface area contributed by atoms with Gasteiger partial charge in [-0.2, -0.15) is 0 Å². The number of sulfonamides is 1. The van der Waals surface area contributed by atoms with Crippen molar-refractivity contribution in [1.29, 1.82) is 0 Å². The van der Waals surface area contributed by atoms with E-state index in [4.69, 9.17) is 5.11 Å². The molecule has 1 saturated carbocycles. The molecule has 144 valence electrons. The van der Waals surface area contributed by atoms with Gasteiger partial charge in [-0.25, -0.2) is 17.9 Å². The minimum Gasteiger partial charge on any atom is -0.478 e. The Hall–Kier alpha value is -2.18. The molecule has 3 rings (SSSR count). The quantitative estimate of drug-likeness (QED) is 0.784. The molecule has 0 heterocycles. The molecule has 0 radical (unpaired) electrons. The van der Waals surface area contributed by atoms with Gasteiger partial charge in [-0.05, 0) is 55.5 Å². The van der Waals surface area contributed by atoms with E-state index >= 15 is 0 Å². The van der Waals surface area contributed by atoms with Crippen LogP contribution in [0.4, 0.5) is 0 Å². The summed E-state index contributed by atoms with van der Waals surface area (Å²) in [7, 11) is -3.28. The third-order valence-electron chi connectivity index (χ3n) is 5.26. The Labute approximate surface area is 160 Å². The first kappa shape index (κ1) is 19.6. The molecule has 0 saturated heterocycles. The maximum absolute atomic E-state index is 12.2. The molecule has 0 aliphatic heterocycles. The SMILES string of the molecule is CC(C)S(=O)(=O)NC1CCCC1c1ccc(-c2ccc(C(=O)O)cc2)cc1. The lowest BCUT2D eigenvalue weighted by atomic mass is 9.92. The van der Waals surface area contributed by atoms with E-state index in [0.717, 1.165) is 36.0 Å². The van der Waals surface area contributed by atoms with Crippen LogP contribution in [0.3, 0.4) is 0 Å². The number of carboxylic acid groups (broad SMARTS) is 1. The van der Waals surface area contributed by atoms with Gasteiger partial charge in [-0.3, -0.25) is 0 Å². The van der Waals surface area contributed by atoms with Crippen LogP contribution in [-0.4, -0.2) is 30.8 Å². The predicted octanol–water partition coefficient (Wildman–Crippen LogP) is 4.02. The molecule has 6 heteroatoms. The van der Waals surface area contributed by atoms with Gasteiger partial charge in [0.2, 0.25) is 10.0 Å². The zero-order valence-corrected chi connectivity index (χ0v) is 16.4. The highest BCUT2D eigenvalue weighted by molar-refractivity contribution is 7.90. The van der Waals surface area contributed by atoms with Crippen molar-refractivity contribution in [2.75, 3.05) is 0 Å². The Balaban J connectivity index is 1.77. The summed E-state index contributed by atoms with van der Waals surface area (Å²) in [6, 6.07) is 14.9. The van der Waals surface area contributed by atoms with Crippen molar-refractivity contribution in [3.05, 3.63) is 59.7 Å². The Morgan fingerprint density at radius 3 is 2.07 bits per heavy atom. The number of hydrogen-bond donors (Lipinski definition) is 2. The van der Waals surface area contributed by atoms with Gasteiger partial charge in [0, 0.05) is 12.0 Å². The van der Waals surface area contributed by atoms with E-state index in [1.807, 2.05) is 24.3 Å². The molecule has 5 nitrogen and oxygen atoms in total. The Kier molecular flexibility index (Phi) is 5.67. The predicted molar refractivity (Wildman–Crippen MR) is 106 cm³/mol. The molecule has 0 spiro atoms. The fourth-order valence-electron chi connectivity index (χ4n) is 3.58. The molecule has 2 aromatic carbocycles. The second-order valence-corrected chi connectivity index (χ2v) is 9.63. The second-order valence-electron chi connectivity index (χ2n) is 7.36. The van der Waals surface area contributed by atoms with Gasteiger partial charge in [-0.15, -0.1) is 0 Å². The number of aromatic carboxylic acids is 1. The first-order valence-corrected chi connectivity index (χ1v) is 10.8. The minimum atomic E-state index is -3.28. The van der Waals surface area contributed by atoms with Gasteiger partial charge < -0.3 is 5.11 Å². The third-order valence-corrected chi connectivity index (χ3v) is 7.13.